The molecule has 3 heterocycles. The fraction of sp³-hybridized carbons (Fsp3) is 0.0189. The third kappa shape index (κ3) is 6.75. The zero-order chi connectivity index (χ0) is 38.1. The molecule has 0 amide bonds. The summed E-state index contributed by atoms with van der Waals surface area (Å²) in [5.41, 5.74) is 16.4. The van der Waals surface area contributed by atoms with Crippen molar-refractivity contribution in [2.24, 2.45) is 0 Å². The summed E-state index contributed by atoms with van der Waals surface area (Å²) in [5.74, 6) is 0.693. The zero-order valence-electron chi connectivity index (χ0n) is 31.3. The van der Waals surface area contributed by atoms with Gasteiger partial charge in [-0.15, -0.1) is 0 Å². The summed E-state index contributed by atoms with van der Waals surface area (Å²) in [6, 6.07) is 69.9. The Morgan fingerprint density at radius 1 is 0.298 bits per heavy atom. The second-order valence-corrected chi connectivity index (χ2v) is 14.3. The average Bonchev–Trinajstić information content (AvgIpc) is 3.29. The second-order valence-electron chi connectivity index (χ2n) is 14.3. The third-order valence-corrected chi connectivity index (χ3v) is 10.5. The van der Waals surface area contributed by atoms with Crippen LogP contribution in [0.3, 0.4) is 0 Å². The molecule has 0 atom stereocenters. The highest BCUT2D eigenvalue weighted by Gasteiger charge is 2.14. The molecule has 4 heteroatoms. The molecule has 0 spiro atoms. The van der Waals surface area contributed by atoms with Crippen LogP contribution >= 0.6 is 0 Å². The molecule has 0 aliphatic rings. The van der Waals surface area contributed by atoms with Crippen molar-refractivity contribution in [2.75, 3.05) is 0 Å². The molecule has 3 aromatic heterocycles. The maximum Gasteiger partial charge on any atom is 0.160 e. The van der Waals surface area contributed by atoms with E-state index in [-0.39, 0.29) is 0 Å². The molecule has 0 bridgehead atoms. The first-order valence-electron chi connectivity index (χ1n) is 19.2. The van der Waals surface area contributed by atoms with Crippen LogP contribution in [-0.4, -0.2) is 19.9 Å². The minimum Gasteiger partial charge on any atom is -0.251 e. The highest BCUT2D eigenvalue weighted by atomic mass is 14.9. The Kier molecular flexibility index (Phi) is 8.69. The molecule has 57 heavy (non-hydrogen) atoms. The van der Waals surface area contributed by atoms with Crippen molar-refractivity contribution in [1.82, 2.24) is 19.9 Å². The summed E-state index contributed by atoms with van der Waals surface area (Å²) in [5, 5.41) is 2.17. The first-order valence-corrected chi connectivity index (χ1v) is 19.2. The van der Waals surface area contributed by atoms with Gasteiger partial charge in [-0.2, -0.15) is 0 Å². The normalized spacial score (nSPS) is 11.2. The van der Waals surface area contributed by atoms with Gasteiger partial charge in [-0.25, -0.2) is 15.0 Å². The number of fused-ring (bicyclic) bond motifs is 3. The smallest absolute Gasteiger partial charge is 0.160 e. The predicted molar refractivity (Wildman–Crippen MR) is 235 cm³/mol. The molecule has 0 N–H and O–H groups in total. The fourth-order valence-corrected chi connectivity index (χ4v) is 7.66. The van der Waals surface area contributed by atoms with Crippen molar-refractivity contribution >= 4 is 21.8 Å². The van der Waals surface area contributed by atoms with Gasteiger partial charge in [0.1, 0.15) is 0 Å². The molecule has 0 aliphatic carbocycles. The summed E-state index contributed by atoms with van der Waals surface area (Å²) < 4.78 is 0. The van der Waals surface area contributed by atoms with Gasteiger partial charge in [-0.3, -0.25) is 4.98 Å². The first kappa shape index (κ1) is 34.0. The van der Waals surface area contributed by atoms with Gasteiger partial charge in [0, 0.05) is 38.7 Å². The van der Waals surface area contributed by atoms with Crippen molar-refractivity contribution in [3.8, 4) is 78.5 Å². The summed E-state index contributed by atoms with van der Waals surface area (Å²) in [6.45, 7) is 2.06. The lowest BCUT2D eigenvalue weighted by molar-refractivity contribution is 1.18. The Morgan fingerprint density at radius 2 is 0.807 bits per heavy atom. The van der Waals surface area contributed by atoms with Crippen LogP contribution in [0, 0.1) is 6.92 Å². The van der Waals surface area contributed by atoms with Gasteiger partial charge in [0.05, 0.1) is 28.1 Å². The molecule has 0 saturated carbocycles. The molecule has 0 saturated heterocycles. The van der Waals surface area contributed by atoms with Crippen molar-refractivity contribution in [3.63, 3.8) is 0 Å². The Hall–Kier alpha value is -7.56. The molecule has 268 valence electrons. The number of pyridine rings is 2. The van der Waals surface area contributed by atoms with Crippen LogP contribution in [0.15, 0.2) is 200 Å². The van der Waals surface area contributed by atoms with Gasteiger partial charge in [-0.1, -0.05) is 170 Å². The van der Waals surface area contributed by atoms with Gasteiger partial charge in [0.2, 0.25) is 0 Å². The van der Waals surface area contributed by atoms with Crippen molar-refractivity contribution < 1.29 is 0 Å². The number of rotatable bonds is 7. The molecule has 10 rings (SSSR count). The molecule has 4 nitrogen and oxygen atoms in total. The summed E-state index contributed by atoms with van der Waals surface area (Å²) in [4.78, 5) is 20.5. The third-order valence-electron chi connectivity index (χ3n) is 10.5. The van der Waals surface area contributed by atoms with Gasteiger partial charge < -0.3 is 0 Å². The fourth-order valence-electron chi connectivity index (χ4n) is 7.66. The summed E-state index contributed by atoms with van der Waals surface area (Å²) in [6.07, 6.45) is 0. The van der Waals surface area contributed by atoms with Crippen LogP contribution in [0.5, 0.6) is 0 Å². The lowest BCUT2D eigenvalue weighted by Gasteiger charge is -2.12. The summed E-state index contributed by atoms with van der Waals surface area (Å²) in [7, 11) is 0. The van der Waals surface area contributed by atoms with E-state index in [0.29, 0.717) is 5.82 Å². The van der Waals surface area contributed by atoms with E-state index >= 15 is 0 Å². The quantitative estimate of drug-likeness (QED) is 0.153. The van der Waals surface area contributed by atoms with Gasteiger partial charge in [0.15, 0.2) is 5.82 Å². The van der Waals surface area contributed by atoms with Gasteiger partial charge in [-0.05, 0) is 70.6 Å². The lowest BCUT2D eigenvalue weighted by atomic mass is 9.97. The molecule has 0 unspecified atom stereocenters. The van der Waals surface area contributed by atoms with E-state index in [1.165, 1.54) is 22.3 Å². The van der Waals surface area contributed by atoms with Crippen LogP contribution in [0.4, 0.5) is 0 Å². The minimum absolute atomic E-state index is 0.693. The number of benzene rings is 7. The van der Waals surface area contributed by atoms with E-state index < -0.39 is 0 Å². The standard InChI is InChI=1S/C53H36N4/c1-35-31-47(38-15-7-3-8-16-38)46-29-27-40-28-30-48(55-51(40)52(46)54-35)44-21-11-19-42(32-44)43-20-12-22-45(33-43)50-34-49(56-53(57-50)41-17-9-4-10-18-41)39-25-23-37(24-26-39)36-13-5-2-6-14-36/h2-34H,1H3. The number of aromatic nitrogens is 4. The Bertz CT molecular complexity index is 3050. The number of hydrogen-bond donors (Lipinski definition) is 0. The molecule has 10 aromatic rings. The average molecular weight is 729 g/mol. The SMILES string of the molecule is Cc1cc(-c2ccccc2)c2ccc3ccc(-c4cccc(-c5cccc(-c6cc(-c7ccc(-c8ccccc8)cc7)nc(-c7ccccc7)n6)c5)c4)nc3c2n1. The first-order chi connectivity index (χ1) is 28.1. The van der Waals surface area contributed by atoms with Crippen LogP contribution in [0.2, 0.25) is 0 Å². The van der Waals surface area contributed by atoms with Crippen molar-refractivity contribution in [2.45, 2.75) is 6.92 Å². The van der Waals surface area contributed by atoms with Crippen molar-refractivity contribution in [1.29, 1.82) is 0 Å². The molecule has 0 aliphatic heterocycles. The van der Waals surface area contributed by atoms with E-state index in [2.05, 4.69) is 177 Å². The molecular formula is C53H36N4. The van der Waals surface area contributed by atoms with Crippen molar-refractivity contribution in [3.05, 3.63) is 206 Å². The molecular weight excluding hydrogens is 693 g/mol. The Morgan fingerprint density at radius 3 is 1.47 bits per heavy atom. The zero-order valence-corrected chi connectivity index (χ0v) is 31.3. The number of nitrogens with zero attached hydrogens (tertiary/aromatic N) is 4. The van der Waals surface area contributed by atoms with Gasteiger partial charge >= 0.3 is 0 Å². The van der Waals surface area contributed by atoms with Crippen LogP contribution in [0.25, 0.3) is 100 Å². The van der Waals surface area contributed by atoms with Crippen LogP contribution in [0.1, 0.15) is 5.69 Å². The van der Waals surface area contributed by atoms with E-state index in [1.54, 1.807) is 0 Å². The van der Waals surface area contributed by atoms with Crippen LogP contribution in [-0.2, 0) is 0 Å². The van der Waals surface area contributed by atoms with Gasteiger partial charge in [0.25, 0.3) is 0 Å². The predicted octanol–water partition coefficient (Wildman–Crippen LogP) is 13.6. The largest absolute Gasteiger partial charge is 0.251 e. The Balaban J connectivity index is 1.03. The number of aryl methyl sites for hydroxylation is 1. The monoisotopic (exact) mass is 728 g/mol. The topological polar surface area (TPSA) is 51.6 Å². The van der Waals surface area contributed by atoms with E-state index in [4.69, 9.17) is 19.9 Å². The Labute approximate surface area is 331 Å². The number of hydrogen-bond acceptors (Lipinski definition) is 4. The van der Waals surface area contributed by atoms with E-state index in [1.807, 2.05) is 30.3 Å². The summed E-state index contributed by atoms with van der Waals surface area (Å²) >= 11 is 0. The molecule has 0 fully saturated rings. The lowest BCUT2D eigenvalue weighted by Crippen LogP contribution is -1.96. The highest BCUT2D eigenvalue weighted by Crippen LogP contribution is 2.35. The highest BCUT2D eigenvalue weighted by molar-refractivity contribution is 6.08. The molecule has 7 aromatic carbocycles. The van der Waals surface area contributed by atoms with Crippen LogP contribution < -0.4 is 0 Å². The maximum atomic E-state index is 5.27. The van der Waals surface area contributed by atoms with E-state index in [9.17, 15) is 0 Å². The minimum atomic E-state index is 0.693. The maximum absolute atomic E-state index is 5.27. The second kappa shape index (κ2) is 14.6. The van der Waals surface area contributed by atoms with E-state index in [0.717, 1.165) is 78.0 Å². The molecule has 0 radical (unpaired) electrons.